The summed E-state index contributed by atoms with van der Waals surface area (Å²) in [6, 6.07) is 14.9. The maximum absolute atomic E-state index is 12.3. The predicted molar refractivity (Wildman–Crippen MR) is 98.3 cm³/mol. The van der Waals surface area contributed by atoms with E-state index in [0.717, 1.165) is 15.2 Å². The van der Waals surface area contributed by atoms with Gasteiger partial charge in [0, 0.05) is 0 Å². The van der Waals surface area contributed by atoms with Gasteiger partial charge in [-0.05, 0) is 24.3 Å². The van der Waals surface area contributed by atoms with E-state index in [2.05, 4.69) is 4.98 Å². The number of aromatic nitrogens is 1. The van der Waals surface area contributed by atoms with Gasteiger partial charge in [-0.25, -0.2) is 4.98 Å². The number of carbonyl (C=O) groups is 2. The van der Waals surface area contributed by atoms with E-state index in [9.17, 15) is 9.59 Å². The van der Waals surface area contributed by atoms with Crippen molar-refractivity contribution in [2.45, 2.75) is 13.0 Å². The highest BCUT2D eigenvalue weighted by Crippen LogP contribution is 2.31. The van der Waals surface area contributed by atoms with Gasteiger partial charge in [-0.15, -0.1) is 11.3 Å². The lowest BCUT2D eigenvalue weighted by atomic mass is 10.2. The summed E-state index contributed by atoms with van der Waals surface area (Å²) in [7, 11) is 0. The number of nitrogens with zero attached hydrogens (tertiary/aromatic N) is 2. The second-order valence-electron chi connectivity index (χ2n) is 5.78. The first kappa shape index (κ1) is 16.5. The Labute approximate surface area is 154 Å². The van der Waals surface area contributed by atoms with E-state index in [-0.39, 0.29) is 25.5 Å². The topological polar surface area (TPSA) is 68.7 Å². The molecule has 26 heavy (non-hydrogen) atoms. The summed E-state index contributed by atoms with van der Waals surface area (Å²) in [4.78, 5) is 30.5. The number of hydrogen-bond donors (Lipinski definition) is 0. The van der Waals surface area contributed by atoms with E-state index < -0.39 is 5.97 Å². The lowest BCUT2D eigenvalue weighted by Crippen LogP contribution is -2.36. The zero-order chi connectivity index (χ0) is 17.9. The van der Waals surface area contributed by atoms with Crippen molar-refractivity contribution in [1.29, 1.82) is 0 Å². The second-order valence-corrected chi connectivity index (χ2v) is 6.90. The number of rotatable bonds is 4. The Kier molecular flexibility index (Phi) is 4.53. The number of esters is 1. The molecule has 2 heterocycles. The minimum Gasteiger partial charge on any atom is -0.491 e. The largest absolute Gasteiger partial charge is 0.491 e. The van der Waals surface area contributed by atoms with E-state index >= 15 is 0 Å². The number of amides is 1. The molecule has 0 unspecified atom stereocenters. The van der Waals surface area contributed by atoms with E-state index in [1.807, 2.05) is 30.3 Å². The van der Waals surface area contributed by atoms with Crippen LogP contribution in [0.5, 0.6) is 5.75 Å². The molecule has 4 rings (SSSR count). The minimum atomic E-state index is -0.477. The molecule has 1 aliphatic heterocycles. The number of para-hydroxylation sites is 3. The van der Waals surface area contributed by atoms with Gasteiger partial charge in [-0.2, -0.15) is 0 Å². The molecule has 3 aromatic rings. The Bertz CT molecular complexity index is 936. The molecule has 2 aromatic carbocycles. The Morgan fingerprint density at radius 2 is 2.00 bits per heavy atom. The van der Waals surface area contributed by atoms with Crippen molar-refractivity contribution in [3.05, 3.63) is 53.5 Å². The van der Waals surface area contributed by atoms with Crippen molar-refractivity contribution < 1.29 is 19.1 Å². The Morgan fingerprint density at radius 3 is 2.88 bits per heavy atom. The number of fused-ring (bicyclic) bond motifs is 2. The van der Waals surface area contributed by atoms with Crippen LogP contribution in [-0.4, -0.2) is 30.0 Å². The molecule has 7 heteroatoms. The van der Waals surface area contributed by atoms with Gasteiger partial charge in [-0.3, -0.25) is 14.5 Å². The van der Waals surface area contributed by atoms with Crippen LogP contribution < -0.4 is 9.64 Å². The normalized spacial score (nSPS) is 13.8. The second kappa shape index (κ2) is 7.13. The van der Waals surface area contributed by atoms with Crippen LogP contribution >= 0.6 is 11.3 Å². The molecule has 1 aliphatic rings. The van der Waals surface area contributed by atoms with Gasteiger partial charge in [0.2, 0.25) is 5.91 Å². The van der Waals surface area contributed by atoms with Crippen molar-refractivity contribution in [1.82, 2.24) is 4.98 Å². The van der Waals surface area contributed by atoms with Gasteiger partial charge in [-0.1, -0.05) is 24.3 Å². The zero-order valence-electron chi connectivity index (χ0n) is 13.9. The first-order valence-corrected chi connectivity index (χ1v) is 9.04. The molecule has 0 fully saturated rings. The first-order chi connectivity index (χ1) is 12.7. The fraction of sp³-hybridized carbons (Fsp3) is 0.211. The molecule has 0 saturated carbocycles. The Hall–Kier alpha value is -2.93. The van der Waals surface area contributed by atoms with Crippen LogP contribution in [0.3, 0.4) is 0 Å². The molecule has 0 bridgehead atoms. The SMILES string of the molecule is O=C(CN1C(=O)CCOc2ccccc21)OCc1nc2ccccc2s1. The maximum atomic E-state index is 12.3. The van der Waals surface area contributed by atoms with Crippen LogP contribution in [0.15, 0.2) is 48.5 Å². The number of benzene rings is 2. The molecule has 0 saturated heterocycles. The molecule has 1 aromatic heterocycles. The van der Waals surface area contributed by atoms with Gasteiger partial charge in [0.15, 0.2) is 0 Å². The van der Waals surface area contributed by atoms with E-state index in [1.165, 1.54) is 16.2 Å². The molecular formula is C19H16N2O4S. The van der Waals surface area contributed by atoms with Gasteiger partial charge < -0.3 is 9.47 Å². The van der Waals surface area contributed by atoms with Crippen molar-refractivity contribution in [2.24, 2.45) is 0 Å². The molecule has 0 radical (unpaired) electrons. The monoisotopic (exact) mass is 368 g/mol. The van der Waals surface area contributed by atoms with Crippen molar-refractivity contribution in [2.75, 3.05) is 18.1 Å². The maximum Gasteiger partial charge on any atom is 0.326 e. The number of thiazole rings is 1. The Balaban J connectivity index is 1.44. The predicted octanol–water partition coefficient (Wildman–Crippen LogP) is 3.16. The summed E-state index contributed by atoms with van der Waals surface area (Å²) >= 11 is 1.49. The van der Waals surface area contributed by atoms with Gasteiger partial charge in [0.25, 0.3) is 0 Å². The summed E-state index contributed by atoms with van der Waals surface area (Å²) < 4.78 is 12.0. The molecule has 0 spiro atoms. The van der Waals surface area contributed by atoms with E-state index in [1.54, 1.807) is 18.2 Å². The van der Waals surface area contributed by atoms with Crippen LogP contribution in [0, 0.1) is 0 Å². The van der Waals surface area contributed by atoms with Crippen LogP contribution in [0.25, 0.3) is 10.2 Å². The van der Waals surface area contributed by atoms with Crippen molar-refractivity contribution in [3.8, 4) is 5.75 Å². The number of carbonyl (C=O) groups excluding carboxylic acids is 2. The highest BCUT2D eigenvalue weighted by Gasteiger charge is 2.25. The molecule has 1 amide bonds. The third-order valence-corrected chi connectivity index (χ3v) is 5.02. The molecule has 0 N–H and O–H groups in total. The molecular weight excluding hydrogens is 352 g/mol. The van der Waals surface area contributed by atoms with E-state index in [0.29, 0.717) is 18.0 Å². The fourth-order valence-electron chi connectivity index (χ4n) is 2.79. The van der Waals surface area contributed by atoms with Crippen molar-refractivity contribution >= 4 is 39.1 Å². The van der Waals surface area contributed by atoms with Gasteiger partial charge >= 0.3 is 5.97 Å². The third kappa shape index (κ3) is 3.39. The van der Waals surface area contributed by atoms with Crippen LogP contribution in [0.4, 0.5) is 5.69 Å². The molecule has 0 aliphatic carbocycles. The quantitative estimate of drug-likeness (QED) is 0.662. The average Bonchev–Trinajstić information content (AvgIpc) is 3.01. The summed E-state index contributed by atoms with van der Waals surface area (Å²) in [5.41, 5.74) is 1.48. The molecule has 0 atom stereocenters. The van der Waals surface area contributed by atoms with Crippen LogP contribution in [0.1, 0.15) is 11.4 Å². The number of anilines is 1. The zero-order valence-corrected chi connectivity index (χ0v) is 14.7. The van der Waals surface area contributed by atoms with Crippen LogP contribution in [-0.2, 0) is 20.9 Å². The number of hydrogen-bond acceptors (Lipinski definition) is 6. The highest BCUT2D eigenvalue weighted by molar-refractivity contribution is 7.18. The smallest absolute Gasteiger partial charge is 0.326 e. The minimum absolute atomic E-state index is 0.0956. The van der Waals surface area contributed by atoms with E-state index in [4.69, 9.17) is 9.47 Å². The lowest BCUT2D eigenvalue weighted by Gasteiger charge is -2.20. The molecule has 6 nitrogen and oxygen atoms in total. The molecule has 132 valence electrons. The van der Waals surface area contributed by atoms with Gasteiger partial charge in [0.1, 0.15) is 23.9 Å². The Morgan fingerprint density at radius 1 is 1.19 bits per heavy atom. The number of ether oxygens (including phenoxy) is 2. The summed E-state index contributed by atoms with van der Waals surface area (Å²) in [6.45, 7) is 0.246. The van der Waals surface area contributed by atoms with Crippen molar-refractivity contribution in [3.63, 3.8) is 0 Å². The van der Waals surface area contributed by atoms with Gasteiger partial charge in [0.05, 0.1) is 28.9 Å². The summed E-state index contributed by atoms with van der Waals surface area (Å²) in [5.74, 6) is -0.0430. The summed E-state index contributed by atoms with van der Waals surface area (Å²) in [6.07, 6.45) is 0.222. The fourth-order valence-corrected chi connectivity index (χ4v) is 3.67. The average molecular weight is 368 g/mol. The summed E-state index contributed by atoms with van der Waals surface area (Å²) in [5, 5.41) is 0.727. The first-order valence-electron chi connectivity index (χ1n) is 8.23. The lowest BCUT2D eigenvalue weighted by molar-refractivity contribution is -0.144. The standard InChI is InChI=1S/C19H16N2O4S/c22-18-9-10-24-15-7-3-2-6-14(15)21(18)11-19(23)25-12-17-20-13-5-1-4-8-16(13)26-17/h1-8H,9-12H2. The highest BCUT2D eigenvalue weighted by atomic mass is 32.1. The third-order valence-electron chi connectivity index (χ3n) is 4.01. The van der Waals surface area contributed by atoms with Crippen LogP contribution in [0.2, 0.25) is 0 Å².